The van der Waals surface area contributed by atoms with Crippen molar-refractivity contribution in [2.45, 2.75) is 99.0 Å². The number of carbonyl (C=O) groups is 1. The van der Waals surface area contributed by atoms with Crippen molar-refractivity contribution in [1.29, 1.82) is 0 Å². The summed E-state index contributed by atoms with van der Waals surface area (Å²) in [6.45, 7) is 13.3. The largest absolute Gasteiger partial charge is 0.466 e. The van der Waals surface area contributed by atoms with Gasteiger partial charge < -0.3 is 9.84 Å². The van der Waals surface area contributed by atoms with E-state index in [4.69, 9.17) is 4.74 Å². The van der Waals surface area contributed by atoms with E-state index < -0.39 is 0 Å². The summed E-state index contributed by atoms with van der Waals surface area (Å²) in [7, 11) is 0. The molecule has 1 N–H and O–H groups in total. The van der Waals surface area contributed by atoms with E-state index in [2.05, 4.69) is 20.8 Å². The van der Waals surface area contributed by atoms with Crippen LogP contribution in [-0.2, 0) is 9.53 Å². The van der Waals surface area contributed by atoms with Gasteiger partial charge in [-0.3, -0.25) is 4.79 Å². The lowest BCUT2D eigenvalue weighted by Crippen LogP contribution is -2.40. The van der Waals surface area contributed by atoms with E-state index in [1.807, 2.05) is 20.8 Å². The first-order valence-corrected chi connectivity index (χ1v) is 10.1. The zero-order chi connectivity index (χ0) is 18.4. The minimum absolute atomic E-state index is 0.0702. The minimum Gasteiger partial charge on any atom is -0.466 e. The predicted molar refractivity (Wildman–Crippen MR) is 99.8 cm³/mol. The number of aliphatic hydroxyl groups is 1. The van der Waals surface area contributed by atoms with Crippen molar-refractivity contribution >= 4 is 5.97 Å². The standard InChI is InChI=1S/C19H34O3.C2H6/c1-5-22-17(21)10-12-18(2,3)13-14-8-9-15-16(20)7-6-11-19(14,15)4;1-2/h14-16,20H,5-13H2,1-4H3;1-2H3/t14?,15?,16-,19+;/m0./s1. The fourth-order valence-corrected chi connectivity index (χ4v) is 5.04. The second-order valence-corrected chi connectivity index (χ2v) is 8.52. The monoisotopic (exact) mass is 340 g/mol. The van der Waals surface area contributed by atoms with Crippen molar-refractivity contribution in [1.82, 2.24) is 0 Å². The number of hydrogen-bond acceptors (Lipinski definition) is 3. The third-order valence-electron chi connectivity index (χ3n) is 6.40. The Hall–Kier alpha value is -0.570. The summed E-state index contributed by atoms with van der Waals surface area (Å²) in [5, 5.41) is 10.3. The molecule has 142 valence electrons. The molecule has 3 heteroatoms. The Balaban J connectivity index is 0.00000139. The Labute approximate surface area is 149 Å². The second-order valence-electron chi connectivity index (χ2n) is 8.52. The van der Waals surface area contributed by atoms with Crippen LogP contribution in [0.4, 0.5) is 0 Å². The number of hydrogen-bond donors (Lipinski definition) is 1. The zero-order valence-electron chi connectivity index (χ0n) is 16.9. The Morgan fingerprint density at radius 1 is 1.25 bits per heavy atom. The van der Waals surface area contributed by atoms with Crippen molar-refractivity contribution in [3.05, 3.63) is 0 Å². The molecule has 4 atom stereocenters. The van der Waals surface area contributed by atoms with E-state index in [9.17, 15) is 9.90 Å². The molecule has 0 saturated heterocycles. The van der Waals surface area contributed by atoms with Gasteiger partial charge in [-0.05, 0) is 68.1 Å². The maximum Gasteiger partial charge on any atom is 0.305 e. The van der Waals surface area contributed by atoms with Gasteiger partial charge in [0.05, 0.1) is 12.7 Å². The molecule has 0 amide bonds. The third kappa shape index (κ3) is 5.21. The van der Waals surface area contributed by atoms with Gasteiger partial charge in [0.1, 0.15) is 0 Å². The average molecular weight is 341 g/mol. The molecule has 2 rings (SSSR count). The Bertz CT molecular complexity index is 391. The second kappa shape index (κ2) is 9.22. The first-order valence-electron chi connectivity index (χ1n) is 10.1. The van der Waals surface area contributed by atoms with Gasteiger partial charge in [0, 0.05) is 6.42 Å². The first-order chi connectivity index (χ1) is 11.3. The molecule has 2 unspecified atom stereocenters. The normalized spacial score (nSPS) is 32.5. The molecule has 2 aliphatic carbocycles. The van der Waals surface area contributed by atoms with Crippen molar-refractivity contribution in [2.24, 2.45) is 22.7 Å². The fourth-order valence-electron chi connectivity index (χ4n) is 5.04. The van der Waals surface area contributed by atoms with Gasteiger partial charge in [-0.1, -0.05) is 41.0 Å². The Morgan fingerprint density at radius 3 is 2.54 bits per heavy atom. The molecule has 0 aromatic heterocycles. The smallest absolute Gasteiger partial charge is 0.305 e. The Morgan fingerprint density at radius 2 is 1.92 bits per heavy atom. The maximum atomic E-state index is 11.6. The van der Waals surface area contributed by atoms with E-state index in [0.29, 0.717) is 30.3 Å². The van der Waals surface area contributed by atoms with Gasteiger partial charge in [0.25, 0.3) is 0 Å². The molecule has 3 nitrogen and oxygen atoms in total. The van der Waals surface area contributed by atoms with Crippen molar-refractivity contribution in [3.63, 3.8) is 0 Å². The van der Waals surface area contributed by atoms with E-state index in [1.165, 1.54) is 19.3 Å². The summed E-state index contributed by atoms with van der Waals surface area (Å²) in [6, 6.07) is 0. The molecule has 0 heterocycles. The first kappa shape index (κ1) is 21.5. The number of fused-ring (bicyclic) bond motifs is 1. The zero-order valence-corrected chi connectivity index (χ0v) is 16.9. The van der Waals surface area contributed by atoms with Gasteiger partial charge in [-0.15, -0.1) is 0 Å². The maximum absolute atomic E-state index is 11.6. The molecule has 2 saturated carbocycles. The van der Waals surface area contributed by atoms with Crippen molar-refractivity contribution in [3.8, 4) is 0 Å². The molecule has 2 fully saturated rings. The highest BCUT2D eigenvalue weighted by atomic mass is 16.5. The molecule has 0 aromatic carbocycles. The third-order valence-corrected chi connectivity index (χ3v) is 6.40. The number of ether oxygens (including phenoxy) is 1. The summed E-state index contributed by atoms with van der Waals surface area (Å²) < 4.78 is 5.06. The molecule has 0 aromatic rings. The molecule has 0 radical (unpaired) electrons. The molecule has 0 bridgehead atoms. The van der Waals surface area contributed by atoms with Crippen molar-refractivity contribution in [2.75, 3.05) is 6.61 Å². The van der Waals surface area contributed by atoms with Crippen LogP contribution in [-0.4, -0.2) is 23.8 Å². The van der Waals surface area contributed by atoms with E-state index >= 15 is 0 Å². The van der Waals surface area contributed by atoms with Crippen LogP contribution in [0.15, 0.2) is 0 Å². The van der Waals surface area contributed by atoms with Crippen LogP contribution in [0.2, 0.25) is 0 Å². The molecular formula is C21H40O3. The number of carbonyl (C=O) groups excluding carboxylic acids is 1. The summed E-state index contributed by atoms with van der Waals surface area (Å²) in [6.07, 6.45) is 8.30. The van der Waals surface area contributed by atoms with Gasteiger partial charge in [0.15, 0.2) is 0 Å². The number of esters is 1. The SMILES string of the molecule is CC.CCOC(=O)CCC(C)(C)CC1CCC2[C@@H](O)CCC[C@]12C. The lowest BCUT2D eigenvalue weighted by atomic mass is 9.61. The van der Waals surface area contributed by atoms with Crippen molar-refractivity contribution < 1.29 is 14.6 Å². The van der Waals surface area contributed by atoms with Crippen LogP contribution in [0, 0.1) is 22.7 Å². The topological polar surface area (TPSA) is 46.5 Å². The molecular weight excluding hydrogens is 300 g/mol. The average Bonchev–Trinajstić information content (AvgIpc) is 2.85. The van der Waals surface area contributed by atoms with E-state index in [0.717, 1.165) is 25.7 Å². The highest BCUT2D eigenvalue weighted by Crippen LogP contribution is 2.58. The highest BCUT2D eigenvalue weighted by molar-refractivity contribution is 5.69. The van der Waals surface area contributed by atoms with Gasteiger partial charge in [-0.25, -0.2) is 0 Å². The quantitative estimate of drug-likeness (QED) is 0.663. The van der Waals surface area contributed by atoms with Gasteiger partial charge in [0.2, 0.25) is 0 Å². The highest BCUT2D eigenvalue weighted by Gasteiger charge is 2.51. The van der Waals surface area contributed by atoms with Crippen LogP contribution < -0.4 is 0 Å². The molecule has 0 aliphatic heterocycles. The summed E-state index contributed by atoms with van der Waals surface area (Å²) in [5.41, 5.74) is 0.469. The van der Waals surface area contributed by atoms with Crippen LogP contribution in [0.1, 0.15) is 92.9 Å². The van der Waals surface area contributed by atoms with Gasteiger partial charge >= 0.3 is 5.97 Å². The Kier molecular flexibility index (Phi) is 8.25. The van der Waals surface area contributed by atoms with Crippen LogP contribution >= 0.6 is 0 Å². The lowest BCUT2D eigenvalue weighted by Gasteiger charge is -2.45. The number of aliphatic hydroxyl groups excluding tert-OH is 1. The summed E-state index contributed by atoms with van der Waals surface area (Å²) in [4.78, 5) is 11.6. The van der Waals surface area contributed by atoms with Crippen LogP contribution in [0.5, 0.6) is 0 Å². The van der Waals surface area contributed by atoms with Crippen LogP contribution in [0.3, 0.4) is 0 Å². The minimum atomic E-state index is -0.0913. The van der Waals surface area contributed by atoms with E-state index in [1.54, 1.807) is 0 Å². The summed E-state index contributed by atoms with van der Waals surface area (Å²) in [5.74, 6) is 1.11. The number of rotatable bonds is 6. The summed E-state index contributed by atoms with van der Waals surface area (Å²) >= 11 is 0. The van der Waals surface area contributed by atoms with Crippen LogP contribution in [0.25, 0.3) is 0 Å². The van der Waals surface area contributed by atoms with Gasteiger partial charge in [-0.2, -0.15) is 0 Å². The lowest BCUT2D eigenvalue weighted by molar-refractivity contribution is -0.143. The van der Waals surface area contributed by atoms with E-state index in [-0.39, 0.29) is 17.5 Å². The molecule has 2 aliphatic rings. The molecule has 0 spiro atoms. The fraction of sp³-hybridized carbons (Fsp3) is 0.952. The predicted octanol–water partition coefficient (Wildman–Crippen LogP) is 5.35. The molecule has 24 heavy (non-hydrogen) atoms.